The van der Waals surface area contributed by atoms with Crippen molar-refractivity contribution in [2.24, 2.45) is 0 Å². The van der Waals surface area contributed by atoms with Crippen molar-refractivity contribution in [3.05, 3.63) is 42.2 Å². The van der Waals surface area contributed by atoms with E-state index in [1.165, 1.54) is 12.3 Å². The van der Waals surface area contributed by atoms with E-state index < -0.39 is 5.97 Å². The van der Waals surface area contributed by atoms with Gasteiger partial charge in [0.05, 0.1) is 14.2 Å². The number of ether oxygens (including phenoxy) is 2. The van der Waals surface area contributed by atoms with Crippen LogP contribution in [0.1, 0.15) is 10.5 Å². The molecule has 0 fully saturated rings. The summed E-state index contributed by atoms with van der Waals surface area (Å²) in [6, 6.07) is 8.66. The van der Waals surface area contributed by atoms with Crippen LogP contribution in [0.5, 0.6) is 11.5 Å². The Kier molecular flexibility index (Phi) is 3.66. The summed E-state index contributed by atoms with van der Waals surface area (Å²) in [4.78, 5) is 14.7. The maximum Gasteiger partial charge on any atom is 0.354 e. The number of rotatable bonds is 4. The van der Waals surface area contributed by atoms with Gasteiger partial charge in [-0.05, 0) is 35.4 Å². The van der Waals surface area contributed by atoms with Gasteiger partial charge in [0.25, 0.3) is 0 Å². The zero-order valence-electron chi connectivity index (χ0n) is 10.6. The normalized spacial score (nSPS) is 10.0. The van der Waals surface area contributed by atoms with Gasteiger partial charge in [-0.2, -0.15) is 0 Å². The van der Waals surface area contributed by atoms with Gasteiger partial charge in [0, 0.05) is 6.20 Å². The molecule has 0 saturated heterocycles. The molecule has 0 unspecified atom stereocenters. The Morgan fingerprint density at radius 3 is 2.37 bits per heavy atom. The first-order chi connectivity index (χ1) is 9.15. The second kappa shape index (κ2) is 5.39. The van der Waals surface area contributed by atoms with Gasteiger partial charge in [0.15, 0.2) is 11.5 Å². The maximum absolute atomic E-state index is 10.9. The van der Waals surface area contributed by atoms with Crippen molar-refractivity contribution >= 4 is 5.97 Å². The molecule has 0 aliphatic carbocycles. The van der Waals surface area contributed by atoms with Crippen molar-refractivity contribution in [1.29, 1.82) is 0 Å². The summed E-state index contributed by atoms with van der Waals surface area (Å²) in [5, 5.41) is 8.93. The third-order valence-electron chi connectivity index (χ3n) is 2.70. The molecule has 5 heteroatoms. The van der Waals surface area contributed by atoms with E-state index in [1.54, 1.807) is 32.4 Å². The molecule has 98 valence electrons. The van der Waals surface area contributed by atoms with Crippen LogP contribution in [-0.4, -0.2) is 30.3 Å². The van der Waals surface area contributed by atoms with Crippen LogP contribution in [0.4, 0.5) is 0 Å². The Morgan fingerprint density at radius 2 is 1.74 bits per heavy atom. The number of aromatic carboxylic acids is 1. The minimum atomic E-state index is -1.05. The third kappa shape index (κ3) is 2.65. The van der Waals surface area contributed by atoms with E-state index in [2.05, 4.69) is 4.98 Å². The minimum Gasteiger partial charge on any atom is -0.493 e. The highest BCUT2D eigenvalue weighted by Crippen LogP contribution is 2.32. The average Bonchev–Trinajstić information content (AvgIpc) is 2.46. The molecule has 2 rings (SSSR count). The predicted octanol–water partition coefficient (Wildman–Crippen LogP) is 2.46. The van der Waals surface area contributed by atoms with E-state index in [0.717, 1.165) is 11.1 Å². The van der Waals surface area contributed by atoms with Gasteiger partial charge in [0.2, 0.25) is 0 Å². The summed E-state index contributed by atoms with van der Waals surface area (Å²) in [6.45, 7) is 0. The molecular weight excluding hydrogens is 246 g/mol. The molecule has 2 aromatic rings. The molecule has 1 aromatic carbocycles. The molecule has 5 nitrogen and oxygen atoms in total. The fourth-order valence-corrected chi connectivity index (χ4v) is 1.74. The third-order valence-corrected chi connectivity index (χ3v) is 2.70. The first-order valence-corrected chi connectivity index (χ1v) is 5.57. The van der Waals surface area contributed by atoms with Crippen LogP contribution in [0.2, 0.25) is 0 Å². The zero-order chi connectivity index (χ0) is 13.8. The lowest BCUT2D eigenvalue weighted by Crippen LogP contribution is -1.99. The summed E-state index contributed by atoms with van der Waals surface area (Å²) in [7, 11) is 3.11. The van der Waals surface area contributed by atoms with E-state index >= 15 is 0 Å². The first kappa shape index (κ1) is 12.9. The molecule has 0 radical (unpaired) electrons. The first-order valence-electron chi connectivity index (χ1n) is 5.57. The molecule has 0 atom stereocenters. The Labute approximate surface area is 110 Å². The molecule has 0 aliphatic rings. The van der Waals surface area contributed by atoms with E-state index in [9.17, 15) is 4.79 Å². The van der Waals surface area contributed by atoms with Crippen LogP contribution in [0.3, 0.4) is 0 Å². The fourth-order valence-electron chi connectivity index (χ4n) is 1.74. The van der Waals surface area contributed by atoms with Crippen LogP contribution in [0, 0.1) is 0 Å². The van der Waals surface area contributed by atoms with Gasteiger partial charge in [-0.15, -0.1) is 0 Å². The summed E-state index contributed by atoms with van der Waals surface area (Å²) in [5.74, 6) is 0.162. The number of aromatic nitrogens is 1. The molecule has 0 saturated carbocycles. The van der Waals surface area contributed by atoms with Crippen molar-refractivity contribution in [3.8, 4) is 22.6 Å². The molecule has 1 heterocycles. The van der Waals surface area contributed by atoms with Gasteiger partial charge in [0.1, 0.15) is 5.69 Å². The van der Waals surface area contributed by atoms with Crippen LogP contribution >= 0.6 is 0 Å². The summed E-state index contributed by atoms with van der Waals surface area (Å²) >= 11 is 0. The summed E-state index contributed by atoms with van der Waals surface area (Å²) < 4.78 is 10.4. The molecule has 1 aromatic heterocycles. The Hall–Kier alpha value is -2.56. The number of pyridine rings is 1. The molecule has 0 aliphatic heterocycles. The molecule has 0 spiro atoms. The highest BCUT2D eigenvalue weighted by atomic mass is 16.5. The monoisotopic (exact) mass is 259 g/mol. The van der Waals surface area contributed by atoms with Gasteiger partial charge in [-0.3, -0.25) is 0 Å². The maximum atomic E-state index is 10.9. The highest BCUT2D eigenvalue weighted by molar-refractivity contribution is 5.87. The number of carboxylic acids is 1. The molecule has 0 amide bonds. The van der Waals surface area contributed by atoms with Crippen LogP contribution in [0.25, 0.3) is 11.1 Å². The molecule has 0 bridgehead atoms. The number of carbonyl (C=O) groups is 1. The van der Waals surface area contributed by atoms with Gasteiger partial charge in [-0.25, -0.2) is 9.78 Å². The van der Waals surface area contributed by atoms with Gasteiger partial charge >= 0.3 is 5.97 Å². The van der Waals surface area contributed by atoms with Gasteiger partial charge < -0.3 is 14.6 Å². The van der Waals surface area contributed by atoms with Crippen LogP contribution in [0.15, 0.2) is 36.5 Å². The van der Waals surface area contributed by atoms with Crippen LogP contribution < -0.4 is 9.47 Å². The quantitative estimate of drug-likeness (QED) is 0.913. The number of carboxylic acid groups (broad SMARTS) is 1. The van der Waals surface area contributed by atoms with E-state index in [4.69, 9.17) is 14.6 Å². The predicted molar refractivity (Wildman–Crippen MR) is 69.7 cm³/mol. The van der Waals surface area contributed by atoms with Crippen molar-refractivity contribution in [1.82, 2.24) is 4.98 Å². The lowest BCUT2D eigenvalue weighted by atomic mass is 10.1. The lowest BCUT2D eigenvalue weighted by molar-refractivity contribution is 0.0690. The van der Waals surface area contributed by atoms with E-state index in [1.807, 2.05) is 6.07 Å². The summed E-state index contributed by atoms with van der Waals surface area (Å²) in [5.41, 5.74) is 1.60. The van der Waals surface area contributed by atoms with Crippen molar-refractivity contribution in [3.63, 3.8) is 0 Å². The van der Waals surface area contributed by atoms with Crippen molar-refractivity contribution in [2.45, 2.75) is 0 Å². The zero-order valence-corrected chi connectivity index (χ0v) is 10.6. The van der Waals surface area contributed by atoms with Crippen molar-refractivity contribution < 1.29 is 19.4 Å². The SMILES string of the molecule is COc1ccc(-c2ccnc(C(=O)O)c2)cc1OC. The number of hydrogen-bond acceptors (Lipinski definition) is 4. The number of nitrogens with zero attached hydrogens (tertiary/aromatic N) is 1. The minimum absolute atomic E-state index is 0.00675. The summed E-state index contributed by atoms with van der Waals surface area (Å²) in [6.07, 6.45) is 1.47. The van der Waals surface area contributed by atoms with E-state index in [0.29, 0.717) is 11.5 Å². The molecule has 19 heavy (non-hydrogen) atoms. The molecule has 1 N–H and O–H groups in total. The Bertz CT molecular complexity index is 610. The number of benzene rings is 1. The van der Waals surface area contributed by atoms with Crippen molar-refractivity contribution in [2.75, 3.05) is 14.2 Å². The highest BCUT2D eigenvalue weighted by Gasteiger charge is 2.09. The van der Waals surface area contributed by atoms with Gasteiger partial charge in [-0.1, -0.05) is 6.07 Å². The second-order valence-electron chi connectivity index (χ2n) is 3.80. The Morgan fingerprint density at radius 1 is 1.05 bits per heavy atom. The topological polar surface area (TPSA) is 68.7 Å². The largest absolute Gasteiger partial charge is 0.493 e. The number of hydrogen-bond donors (Lipinski definition) is 1. The Balaban J connectivity index is 2.47. The smallest absolute Gasteiger partial charge is 0.354 e. The second-order valence-corrected chi connectivity index (χ2v) is 3.80. The van der Waals surface area contributed by atoms with E-state index in [-0.39, 0.29) is 5.69 Å². The standard InChI is InChI=1S/C14H13NO4/c1-18-12-4-3-9(8-13(12)19-2)10-5-6-15-11(7-10)14(16)17/h3-8H,1-2H3,(H,16,17). The lowest BCUT2D eigenvalue weighted by Gasteiger charge is -2.09. The average molecular weight is 259 g/mol. The number of methoxy groups -OCH3 is 2. The molecular formula is C14H13NO4. The van der Waals surface area contributed by atoms with Crippen LogP contribution in [-0.2, 0) is 0 Å². The fraction of sp³-hybridized carbons (Fsp3) is 0.143.